The third-order valence-electron chi connectivity index (χ3n) is 7.16. The number of alkyl halides is 3. The lowest BCUT2D eigenvalue weighted by atomic mass is 10.1. The van der Waals surface area contributed by atoms with E-state index in [1.807, 2.05) is 64.1 Å². The summed E-state index contributed by atoms with van der Waals surface area (Å²) in [6.45, 7) is 8.20. The quantitative estimate of drug-likeness (QED) is 0.137. The topological polar surface area (TPSA) is 153 Å². The highest BCUT2D eigenvalue weighted by atomic mass is 79.9. The molecule has 6 aromatic rings. The number of halogens is 4. The fraction of sp³-hybridized carbons (Fsp3) is 0.212. The Bertz CT molecular complexity index is 2070. The van der Waals surface area contributed by atoms with Gasteiger partial charge in [0.1, 0.15) is 11.6 Å². The van der Waals surface area contributed by atoms with Crippen molar-refractivity contribution < 1.29 is 13.2 Å². The number of hydrogen-bond acceptors (Lipinski definition) is 10. The molecule has 0 saturated heterocycles. The molecule has 0 bridgehead atoms. The first-order valence-corrected chi connectivity index (χ1v) is 15.3. The molecular weight excluding hydrogens is 673 g/mol. The number of rotatable bonds is 6. The van der Waals surface area contributed by atoms with Gasteiger partial charge in [0.05, 0.1) is 16.3 Å². The van der Waals surface area contributed by atoms with Crippen molar-refractivity contribution in [3.8, 4) is 0 Å². The van der Waals surface area contributed by atoms with E-state index in [1.165, 1.54) is 12.1 Å². The Kier molecular flexibility index (Phi) is 9.70. The van der Waals surface area contributed by atoms with Gasteiger partial charge in [0, 0.05) is 29.0 Å². The zero-order valence-electron chi connectivity index (χ0n) is 26.0. The molecule has 0 amide bonds. The predicted molar refractivity (Wildman–Crippen MR) is 183 cm³/mol. The molecule has 0 aliphatic carbocycles. The lowest BCUT2D eigenvalue weighted by Crippen LogP contribution is -2.13. The first-order chi connectivity index (χ1) is 22.3. The highest BCUT2D eigenvalue weighted by Crippen LogP contribution is 2.32. The molecule has 0 aliphatic rings. The highest BCUT2D eigenvalue weighted by molar-refractivity contribution is 9.10. The molecule has 0 saturated carbocycles. The van der Waals surface area contributed by atoms with Crippen LogP contribution >= 0.6 is 15.9 Å². The van der Waals surface area contributed by atoms with E-state index >= 15 is 0 Å². The zero-order valence-corrected chi connectivity index (χ0v) is 27.6. The van der Waals surface area contributed by atoms with E-state index in [1.54, 1.807) is 6.07 Å². The second-order valence-corrected chi connectivity index (χ2v) is 11.8. The van der Waals surface area contributed by atoms with Crippen molar-refractivity contribution in [3.63, 3.8) is 0 Å². The molecule has 0 unspecified atom stereocenters. The lowest BCUT2D eigenvalue weighted by Gasteiger charge is -2.14. The van der Waals surface area contributed by atoms with E-state index in [2.05, 4.69) is 56.5 Å². The molecule has 2 aromatic carbocycles. The van der Waals surface area contributed by atoms with Crippen molar-refractivity contribution in [1.29, 1.82) is 0 Å². The van der Waals surface area contributed by atoms with Gasteiger partial charge in [-0.25, -0.2) is 9.97 Å². The first kappa shape index (κ1) is 33.3. The normalized spacial score (nSPS) is 11.3. The van der Waals surface area contributed by atoms with Crippen LogP contribution in [-0.2, 0) is 19.3 Å². The van der Waals surface area contributed by atoms with Gasteiger partial charge in [0.2, 0.25) is 11.9 Å². The van der Waals surface area contributed by atoms with Crippen molar-refractivity contribution in [2.45, 2.75) is 47.0 Å². The highest BCUT2D eigenvalue weighted by Gasteiger charge is 2.32. The first-order valence-electron chi connectivity index (χ1n) is 14.5. The molecule has 10 nitrogen and oxygen atoms in total. The standard InChI is InChI=1S/C17H16F3N5.C16H16BrN5/c1-9-7-10(2)23-15-13(9)14(21)24-16(25-15)22-8-11-5-3-4-6-12(11)17(18,19)20;1-9-7-10(2)20-15-13(9)14(18)21-16(22-15)19-8-11-3-5-12(17)6-4-11/h3-7H,8H2,1-2H3,(H3,21,22,23,24,25);3-7H,8H2,1-2H3,(H3,18,19,20,21,22). The van der Waals surface area contributed by atoms with E-state index in [-0.39, 0.29) is 23.9 Å². The number of aryl methyl sites for hydroxylation is 4. The molecule has 0 radical (unpaired) electrons. The van der Waals surface area contributed by atoms with Gasteiger partial charge in [0.15, 0.2) is 11.3 Å². The van der Waals surface area contributed by atoms with Crippen LogP contribution in [0.1, 0.15) is 39.2 Å². The van der Waals surface area contributed by atoms with E-state index in [4.69, 9.17) is 11.5 Å². The molecule has 0 aliphatic heterocycles. The van der Waals surface area contributed by atoms with Gasteiger partial charge in [-0.15, -0.1) is 0 Å². The summed E-state index contributed by atoms with van der Waals surface area (Å²) in [4.78, 5) is 26.0. The molecule has 6 rings (SSSR count). The number of hydrogen-bond donors (Lipinski definition) is 4. The van der Waals surface area contributed by atoms with E-state index < -0.39 is 11.7 Å². The van der Waals surface area contributed by atoms with Gasteiger partial charge in [0.25, 0.3) is 0 Å². The van der Waals surface area contributed by atoms with Gasteiger partial charge >= 0.3 is 6.18 Å². The lowest BCUT2D eigenvalue weighted by molar-refractivity contribution is -0.138. The third kappa shape index (κ3) is 8.01. The number of nitrogen functional groups attached to an aromatic ring is 2. The average Bonchev–Trinajstić information content (AvgIpc) is 2.98. The molecule has 47 heavy (non-hydrogen) atoms. The Balaban J connectivity index is 0.000000186. The van der Waals surface area contributed by atoms with Crippen LogP contribution in [0, 0.1) is 27.7 Å². The molecule has 4 heterocycles. The number of benzene rings is 2. The smallest absolute Gasteiger partial charge is 0.383 e. The maximum Gasteiger partial charge on any atom is 0.416 e. The summed E-state index contributed by atoms with van der Waals surface area (Å²) in [5.74, 6) is 1.32. The number of nitrogens with two attached hydrogens (primary N) is 2. The number of pyridine rings is 2. The summed E-state index contributed by atoms with van der Waals surface area (Å²) < 4.78 is 40.2. The van der Waals surface area contributed by atoms with Crippen LogP contribution in [0.15, 0.2) is 65.1 Å². The third-order valence-corrected chi connectivity index (χ3v) is 7.69. The largest absolute Gasteiger partial charge is 0.416 e. The monoisotopic (exact) mass is 704 g/mol. The number of nitrogens with zero attached hydrogens (tertiary/aromatic N) is 6. The van der Waals surface area contributed by atoms with Crippen molar-refractivity contribution in [1.82, 2.24) is 29.9 Å². The molecule has 0 fully saturated rings. The SMILES string of the molecule is Cc1cc(C)c2c(N)nc(NCc3ccc(Br)cc3)nc2n1.Cc1cc(C)c2c(N)nc(NCc3ccccc3C(F)(F)F)nc2n1. The summed E-state index contributed by atoms with van der Waals surface area (Å²) in [7, 11) is 0. The van der Waals surface area contributed by atoms with Crippen LogP contribution in [0.5, 0.6) is 0 Å². The number of anilines is 4. The Hall–Kier alpha value is -5.11. The van der Waals surface area contributed by atoms with Crippen LogP contribution < -0.4 is 22.1 Å². The van der Waals surface area contributed by atoms with Crippen LogP contribution in [0.3, 0.4) is 0 Å². The molecule has 4 aromatic heterocycles. The maximum atomic E-state index is 13.0. The van der Waals surface area contributed by atoms with Crippen molar-refractivity contribution in [3.05, 3.63) is 104 Å². The average molecular weight is 706 g/mol. The summed E-state index contributed by atoms with van der Waals surface area (Å²) in [5, 5.41) is 7.46. The van der Waals surface area contributed by atoms with Crippen LogP contribution in [0.25, 0.3) is 22.1 Å². The fourth-order valence-electron chi connectivity index (χ4n) is 5.09. The van der Waals surface area contributed by atoms with Crippen molar-refractivity contribution in [2.24, 2.45) is 0 Å². The number of fused-ring (bicyclic) bond motifs is 2. The van der Waals surface area contributed by atoms with Crippen LogP contribution in [0.2, 0.25) is 0 Å². The molecule has 0 atom stereocenters. The van der Waals surface area contributed by atoms with Crippen LogP contribution in [0.4, 0.5) is 36.7 Å². The van der Waals surface area contributed by atoms with Crippen molar-refractivity contribution >= 4 is 61.5 Å². The second-order valence-electron chi connectivity index (χ2n) is 10.9. The van der Waals surface area contributed by atoms with Crippen LogP contribution in [-0.4, -0.2) is 29.9 Å². The van der Waals surface area contributed by atoms with E-state index in [9.17, 15) is 13.2 Å². The molecule has 14 heteroatoms. The Morgan fingerprint density at radius 1 is 0.660 bits per heavy atom. The van der Waals surface area contributed by atoms with Gasteiger partial charge in [-0.3, -0.25) is 0 Å². The maximum absolute atomic E-state index is 13.0. The Labute approximate surface area is 277 Å². The molecule has 6 N–H and O–H groups in total. The number of nitrogens with one attached hydrogen (secondary N) is 2. The summed E-state index contributed by atoms with van der Waals surface area (Å²) >= 11 is 3.42. The van der Waals surface area contributed by atoms with Gasteiger partial charge < -0.3 is 22.1 Å². The van der Waals surface area contributed by atoms with Gasteiger partial charge in [-0.05, 0) is 80.3 Å². The summed E-state index contributed by atoms with van der Waals surface area (Å²) in [6, 6.07) is 17.3. The van der Waals surface area contributed by atoms with Gasteiger partial charge in [-0.2, -0.15) is 33.1 Å². The summed E-state index contributed by atoms with van der Waals surface area (Å²) in [6.07, 6.45) is -4.42. The molecule has 242 valence electrons. The fourth-order valence-corrected chi connectivity index (χ4v) is 5.35. The Morgan fingerprint density at radius 2 is 1.15 bits per heavy atom. The second kappa shape index (κ2) is 13.7. The van der Waals surface area contributed by atoms with E-state index in [0.29, 0.717) is 35.0 Å². The van der Waals surface area contributed by atoms with Crippen molar-refractivity contribution in [2.75, 3.05) is 22.1 Å². The zero-order chi connectivity index (χ0) is 33.9. The minimum absolute atomic E-state index is 0.0779. The van der Waals surface area contributed by atoms with Gasteiger partial charge in [-0.1, -0.05) is 46.3 Å². The number of aromatic nitrogens is 6. The molecule has 0 spiro atoms. The predicted octanol–water partition coefficient (Wildman–Crippen LogP) is 7.45. The summed E-state index contributed by atoms with van der Waals surface area (Å²) in [5.41, 5.74) is 17.2. The van der Waals surface area contributed by atoms with E-state index in [0.717, 1.165) is 44.0 Å². The minimum Gasteiger partial charge on any atom is -0.383 e. The minimum atomic E-state index is -4.42. The molecular formula is C33H32BrF3N10. The Morgan fingerprint density at radius 3 is 1.66 bits per heavy atom.